The number of hydrogen-bond donors (Lipinski definition) is 1. The van der Waals surface area contributed by atoms with Crippen molar-refractivity contribution in [3.8, 4) is 0 Å². The van der Waals surface area contributed by atoms with Crippen LogP contribution in [0, 0.1) is 0 Å². The second-order valence-corrected chi connectivity index (χ2v) is 5.08. The number of carboxylic acids is 1. The van der Waals surface area contributed by atoms with Crippen molar-refractivity contribution in [2.24, 2.45) is 0 Å². The van der Waals surface area contributed by atoms with E-state index < -0.39 is 5.97 Å². The number of urea groups is 1. The summed E-state index contributed by atoms with van der Waals surface area (Å²) in [6.07, 6.45) is 6.42. The van der Waals surface area contributed by atoms with Gasteiger partial charge in [-0.1, -0.05) is 6.08 Å². The predicted molar refractivity (Wildman–Crippen MR) is 74.1 cm³/mol. The first-order valence-corrected chi connectivity index (χ1v) is 6.90. The molecule has 108 valence electrons. The molecule has 5 heteroatoms. The standard InChI is InChI=1S/C14H24N2O3/c1-3-4-6-9-15(2)14(19)16-10-7-5-8-12(16)11-13(17)18/h3,12H,1,4-11H2,2H3,(H,17,18). The zero-order valence-corrected chi connectivity index (χ0v) is 11.7. The summed E-state index contributed by atoms with van der Waals surface area (Å²) in [5.74, 6) is -0.834. The van der Waals surface area contributed by atoms with Gasteiger partial charge < -0.3 is 14.9 Å². The summed E-state index contributed by atoms with van der Waals surface area (Å²) in [7, 11) is 1.78. The van der Waals surface area contributed by atoms with Crippen molar-refractivity contribution >= 4 is 12.0 Å². The quantitative estimate of drug-likeness (QED) is 0.594. The molecule has 0 aromatic heterocycles. The Morgan fingerprint density at radius 2 is 2.21 bits per heavy atom. The van der Waals surface area contributed by atoms with E-state index in [-0.39, 0.29) is 18.5 Å². The third-order valence-corrected chi connectivity index (χ3v) is 3.51. The molecule has 0 aromatic rings. The molecule has 0 aliphatic carbocycles. The number of carbonyl (C=O) groups is 2. The number of hydrogen-bond acceptors (Lipinski definition) is 2. The number of likely N-dealkylation sites (tertiary alicyclic amines) is 1. The molecule has 0 aromatic carbocycles. The van der Waals surface area contributed by atoms with Gasteiger partial charge in [0.25, 0.3) is 0 Å². The molecular weight excluding hydrogens is 244 g/mol. The molecule has 1 atom stereocenters. The Labute approximate surface area is 114 Å². The van der Waals surface area contributed by atoms with Crippen LogP contribution in [0.3, 0.4) is 0 Å². The molecule has 1 rings (SSSR count). The summed E-state index contributed by atoms with van der Waals surface area (Å²) in [5, 5.41) is 8.91. The van der Waals surface area contributed by atoms with Gasteiger partial charge in [0.2, 0.25) is 0 Å². The Kier molecular flexibility index (Phi) is 6.39. The van der Waals surface area contributed by atoms with E-state index in [1.807, 2.05) is 6.08 Å². The van der Waals surface area contributed by atoms with Gasteiger partial charge in [0, 0.05) is 26.2 Å². The highest BCUT2D eigenvalue weighted by Gasteiger charge is 2.29. The third kappa shape index (κ3) is 4.93. The van der Waals surface area contributed by atoms with E-state index in [9.17, 15) is 9.59 Å². The molecule has 19 heavy (non-hydrogen) atoms. The average molecular weight is 268 g/mol. The Morgan fingerprint density at radius 1 is 1.47 bits per heavy atom. The van der Waals surface area contributed by atoms with Gasteiger partial charge in [-0.15, -0.1) is 6.58 Å². The first-order valence-electron chi connectivity index (χ1n) is 6.90. The number of piperidine rings is 1. The summed E-state index contributed by atoms with van der Waals surface area (Å²) in [5.41, 5.74) is 0. The molecule has 5 nitrogen and oxygen atoms in total. The Hall–Kier alpha value is -1.52. The van der Waals surface area contributed by atoms with Crippen LogP contribution >= 0.6 is 0 Å². The van der Waals surface area contributed by atoms with E-state index in [1.165, 1.54) is 0 Å². The lowest BCUT2D eigenvalue weighted by Crippen LogP contribution is -2.50. The van der Waals surface area contributed by atoms with Crippen LogP contribution in [-0.4, -0.2) is 53.1 Å². The zero-order chi connectivity index (χ0) is 14.3. The Balaban J connectivity index is 2.55. The fourth-order valence-corrected chi connectivity index (χ4v) is 2.45. The number of allylic oxidation sites excluding steroid dienone is 1. The van der Waals surface area contributed by atoms with Gasteiger partial charge >= 0.3 is 12.0 Å². The van der Waals surface area contributed by atoms with E-state index in [4.69, 9.17) is 5.11 Å². The van der Waals surface area contributed by atoms with E-state index in [0.717, 1.165) is 32.1 Å². The van der Waals surface area contributed by atoms with E-state index >= 15 is 0 Å². The zero-order valence-electron chi connectivity index (χ0n) is 11.7. The van der Waals surface area contributed by atoms with Crippen LogP contribution in [0.15, 0.2) is 12.7 Å². The number of rotatable bonds is 6. The molecule has 0 radical (unpaired) electrons. The maximum Gasteiger partial charge on any atom is 0.320 e. The van der Waals surface area contributed by atoms with Crippen LogP contribution in [0.5, 0.6) is 0 Å². The minimum atomic E-state index is -0.834. The summed E-state index contributed by atoms with van der Waals surface area (Å²) >= 11 is 0. The van der Waals surface area contributed by atoms with Crippen LogP contribution in [0.4, 0.5) is 4.79 Å². The smallest absolute Gasteiger partial charge is 0.320 e. The first-order chi connectivity index (χ1) is 9.06. The third-order valence-electron chi connectivity index (χ3n) is 3.51. The summed E-state index contributed by atoms with van der Waals surface area (Å²) in [6, 6.07) is -0.199. The molecule has 1 fully saturated rings. The van der Waals surface area contributed by atoms with Gasteiger partial charge in [-0.3, -0.25) is 4.79 Å². The van der Waals surface area contributed by atoms with Gasteiger partial charge in [0.15, 0.2) is 0 Å². The largest absolute Gasteiger partial charge is 0.481 e. The van der Waals surface area contributed by atoms with E-state index in [2.05, 4.69) is 6.58 Å². The van der Waals surface area contributed by atoms with Crippen molar-refractivity contribution in [3.05, 3.63) is 12.7 Å². The molecule has 1 aliphatic heterocycles. The Morgan fingerprint density at radius 3 is 2.84 bits per heavy atom. The van der Waals surface area contributed by atoms with Gasteiger partial charge in [0.05, 0.1) is 6.42 Å². The summed E-state index contributed by atoms with van der Waals surface area (Å²) in [4.78, 5) is 26.6. The minimum Gasteiger partial charge on any atom is -0.481 e. The van der Waals surface area contributed by atoms with Crippen molar-refractivity contribution in [3.63, 3.8) is 0 Å². The number of aliphatic carboxylic acids is 1. The lowest BCUT2D eigenvalue weighted by molar-refractivity contribution is -0.138. The molecule has 0 spiro atoms. The highest BCUT2D eigenvalue weighted by atomic mass is 16.4. The lowest BCUT2D eigenvalue weighted by atomic mass is 10.00. The fraction of sp³-hybridized carbons (Fsp3) is 0.714. The van der Waals surface area contributed by atoms with Crippen molar-refractivity contribution < 1.29 is 14.7 Å². The lowest BCUT2D eigenvalue weighted by Gasteiger charge is -2.37. The van der Waals surface area contributed by atoms with E-state index in [1.54, 1.807) is 16.8 Å². The second kappa shape index (κ2) is 7.81. The molecule has 1 heterocycles. The van der Waals surface area contributed by atoms with Gasteiger partial charge in [-0.25, -0.2) is 4.79 Å². The van der Waals surface area contributed by atoms with Crippen LogP contribution in [-0.2, 0) is 4.79 Å². The molecule has 2 amide bonds. The number of carbonyl (C=O) groups excluding carboxylic acids is 1. The molecule has 0 saturated carbocycles. The van der Waals surface area contributed by atoms with E-state index in [0.29, 0.717) is 13.1 Å². The minimum absolute atomic E-state index is 0.0463. The monoisotopic (exact) mass is 268 g/mol. The van der Waals surface area contributed by atoms with Crippen LogP contribution in [0.1, 0.15) is 38.5 Å². The van der Waals surface area contributed by atoms with Crippen molar-refractivity contribution in [2.75, 3.05) is 20.1 Å². The molecule has 1 N–H and O–H groups in total. The van der Waals surface area contributed by atoms with Crippen LogP contribution in [0.2, 0.25) is 0 Å². The highest BCUT2D eigenvalue weighted by Crippen LogP contribution is 2.21. The molecule has 1 unspecified atom stereocenters. The van der Waals surface area contributed by atoms with Gasteiger partial charge in [0.1, 0.15) is 0 Å². The average Bonchev–Trinajstić information content (AvgIpc) is 2.38. The number of carboxylic acid groups (broad SMARTS) is 1. The Bertz CT molecular complexity index is 331. The van der Waals surface area contributed by atoms with Crippen LogP contribution in [0.25, 0.3) is 0 Å². The molecule has 1 saturated heterocycles. The maximum atomic E-state index is 12.3. The van der Waals surface area contributed by atoms with Crippen molar-refractivity contribution in [1.29, 1.82) is 0 Å². The van der Waals surface area contributed by atoms with Gasteiger partial charge in [-0.05, 0) is 32.1 Å². The normalized spacial score (nSPS) is 19.0. The predicted octanol–water partition coefficient (Wildman–Crippen LogP) is 2.33. The van der Waals surface area contributed by atoms with Crippen molar-refractivity contribution in [1.82, 2.24) is 9.80 Å². The number of nitrogens with zero attached hydrogens (tertiary/aromatic N) is 2. The maximum absolute atomic E-state index is 12.3. The first kappa shape index (κ1) is 15.5. The number of amides is 2. The molecule has 1 aliphatic rings. The van der Waals surface area contributed by atoms with Gasteiger partial charge in [-0.2, -0.15) is 0 Å². The van der Waals surface area contributed by atoms with Crippen molar-refractivity contribution in [2.45, 2.75) is 44.6 Å². The topological polar surface area (TPSA) is 60.9 Å². The summed E-state index contributed by atoms with van der Waals surface area (Å²) < 4.78 is 0. The SMILES string of the molecule is C=CCCCN(C)C(=O)N1CCCCC1CC(=O)O. The number of unbranched alkanes of at least 4 members (excludes halogenated alkanes) is 1. The molecule has 0 bridgehead atoms. The second-order valence-electron chi connectivity index (χ2n) is 5.08. The fourth-order valence-electron chi connectivity index (χ4n) is 2.45. The van der Waals surface area contributed by atoms with Crippen LogP contribution < -0.4 is 0 Å². The molecular formula is C14H24N2O3. The summed E-state index contributed by atoms with van der Waals surface area (Å²) in [6.45, 7) is 5.01. The highest BCUT2D eigenvalue weighted by molar-refractivity contribution is 5.76.